The van der Waals surface area contributed by atoms with Crippen LogP contribution in [0.15, 0.2) is 9.85 Å². The quantitative estimate of drug-likeness (QED) is 0.644. The van der Waals surface area contributed by atoms with E-state index >= 15 is 0 Å². The number of hydrogen-bond acceptors (Lipinski definition) is 3. The van der Waals surface area contributed by atoms with Crippen molar-refractivity contribution in [1.29, 1.82) is 0 Å². The lowest BCUT2D eigenvalue weighted by atomic mass is 10.3. The summed E-state index contributed by atoms with van der Waals surface area (Å²) in [6.45, 7) is 1.80. The van der Waals surface area contributed by atoms with Crippen LogP contribution >= 0.6 is 27.3 Å². The van der Waals surface area contributed by atoms with Crippen LogP contribution in [0.4, 0.5) is 0 Å². The minimum atomic E-state index is -1.42. The van der Waals surface area contributed by atoms with Crippen molar-refractivity contribution < 1.29 is 14.7 Å². The van der Waals surface area contributed by atoms with Crippen molar-refractivity contribution in [3.63, 3.8) is 0 Å². The molecule has 3 nitrogen and oxygen atoms in total. The fraction of sp³-hybridized carbons (Fsp3) is 0.143. The van der Waals surface area contributed by atoms with E-state index in [0.29, 0.717) is 4.47 Å². The van der Waals surface area contributed by atoms with Crippen molar-refractivity contribution in [2.24, 2.45) is 0 Å². The molecule has 0 spiro atoms. The fourth-order valence-corrected chi connectivity index (χ4v) is 2.28. The number of Topliss-reactive ketones (excluding diaryl/α,β-unsaturated/α-hetero) is 1. The van der Waals surface area contributed by atoms with Gasteiger partial charge in [0, 0.05) is 4.47 Å². The molecule has 5 heteroatoms. The maximum atomic E-state index is 11.0. The van der Waals surface area contributed by atoms with Crippen molar-refractivity contribution in [2.45, 2.75) is 6.92 Å². The molecule has 0 aliphatic rings. The number of carbonyl (C=O) groups is 2. The van der Waals surface area contributed by atoms with Gasteiger partial charge in [-0.1, -0.05) is 0 Å². The number of halogens is 1. The second kappa shape index (κ2) is 3.37. The van der Waals surface area contributed by atoms with Crippen LogP contribution in [0.5, 0.6) is 0 Å². The van der Waals surface area contributed by atoms with Gasteiger partial charge >= 0.3 is 5.97 Å². The predicted molar refractivity (Wildman–Crippen MR) is 48.7 cm³/mol. The van der Waals surface area contributed by atoms with Crippen molar-refractivity contribution in [1.82, 2.24) is 0 Å². The van der Waals surface area contributed by atoms with Gasteiger partial charge in [-0.2, -0.15) is 0 Å². The van der Waals surface area contributed by atoms with Crippen LogP contribution in [-0.4, -0.2) is 16.9 Å². The Morgan fingerprint density at radius 1 is 1.58 bits per heavy atom. The summed E-state index contributed by atoms with van der Waals surface area (Å²) in [4.78, 5) is 21.5. The van der Waals surface area contributed by atoms with Crippen molar-refractivity contribution in [2.75, 3.05) is 0 Å². The molecule has 0 fully saturated rings. The number of aliphatic carboxylic acids is 1. The molecule has 0 amide bonds. The van der Waals surface area contributed by atoms with Crippen LogP contribution < -0.4 is 0 Å². The van der Waals surface area contributed by atoms with Gasteiger partial charge in [0.25, 0.3) is 5.78 Å². The largest absolute Gasteiger partial charge is 0.475 e. The van der Waals surface area contributed by atoms with Crippen molar-refractivity contribution >= 4 is 39.0 Å². The molecule has 0 unspecified atom stereocenters. The molecule has 64 valence electrons. The van der Waals surface area contributed by atoms with E-state index in [9.17, 15) is 9.59 Å². The highest BCUT2D eigenvalue weighted by Gasteiger charge is 2.20. The average Bonchev–Trinajstić information content (AvgIpc) is 2.32. The monoisotopic (exact) mass is 248 g/mol. The first-order valence-corrected chi connectivity index (χ1v) is 4.72. The van der Waals surface area contributed by atoms with Gasteiger partial charge in [-0.25, -0.2) is 4.79 Å². The number of carbonyl (C=O) groups excluding carboxylic acids is 1. The summed E-state index contributed by atoms with van der Waals surface area (Å²) >= 11 is 4.28. The molecular formula is C7H5BrO3S. The van der Waals surface area contributed by atoms with E-state index in [0.717, 1.165) is 16.9 Å². The molecule has 0 bridgehead atoms. The van der Waals surface area contributed by atoms with Crippen LogP contribution in [0.1, 0.15) is 15.2 Å². The van der Waals surface area contributed by atoms with Gasteiger partial charge in [0.05, 0.1) is 4.88 Å². The highest BCUT2D eigenvalue weighted by atomic mass is 79.9. The minimum Gasteiger partial charge on any atom is -0.475 e. The lowest BCUT2D eigenvalue weighted by Gasteiger charge is -1.91. The number of thiophene rings is 1. The fourth-order valence-electron chi connectivity index (χ4n) is 0.680. The van der Waals surface area contributed by atoms with Gasteiger partial charge in [-0.3, -0.25) is 4.79 Å². The Hall–Kier alpha value is -0.680. The van der Waals surface area contributed by atoms with E-state index in [1.807, 2.05) is 0 Å². The molecule has 0 radical (unpaired) electrons. The maximum Gasteiger partial charge on any atom is 0.378 e. The van der Waals surface area contributed by atoms with Gasteiger partial charge in [0.1, 0.15) is 0 Å². The molecule has 12 heavy (non-hydrogen) atoms. The molecule has 0 aliphatic heterocycles. The first-order valence-electron chi connectivity index (χ1n) is 3.05. The topological polar surface area (TPSA) is 54.4 Å². The zero-order valence-electron chi connectivity index (χ0n) is 6.13. The minimum absolute atomic E-state index is 0.250. The van der Waals surface area contributed by atoms with E-state index in [1.54, 1.807) is 12.3 Å². The second-order valence-corrected chi connectivity index (χ2v) is 3.87. The first-order chi connectivity index (χ1) is 5.54. The van der Waals surface area contributed by atoms with E-state index in [4.69, 9.17) is 5.11 Å². The average molecular weight is 249 g/mol. The molecule has 1 aromatic heterocycles. The summed E-state index contributed by atoms with van der Waals surface area (Å²) in [5, 5.41) is 10.1. The number of hydrogen-bond donors (Lipinski definition) is 1. The Morgan fingerprint density at radius 2 is 2.17 bits per heavy atom. The summed E-state index contributed by atoms with van der Waals surface area (Å²) in [5.41, 5.74) is 0.879. The van der Waals surface area contributed by atoms with Crippen LogP contribution in [0.3, 0.4) is 0 Å². The van der Waals surface area contributed by atoms with Gasteiger partial charge in [-0.05, 0) is 33.8 Å². The zero-order valence-corrected chi connectivity index (χ0v) is 8.53. The van der Waals surface area contributed by atoms with E-state index < -0.39 is 11.8 Å². The van der Waals surface area contributed by atoms with Gasteiger partial charge in [-0.15, -0.1) is 11.3 Å². The summed E-state index contributed by atoms with van der Waals surface area (Å²) in [7, 11) is 0. The summed E-state index contributed by atoms with van der Waals surface area (Å²) in [6, 6.07) is 0. The Kier molecular flexibility index (Phi) is 2.64. The van der Waals surface area contributed by atoms with E-state index in [-0.39, 0.29) is 4.88 Å². The third-order valence-corrected chi connectivity index (χ3v) is 3.68. The summed E-state index contributed by atoms with van der Waals surface area (Å²) < 4.78 is 0.583. The number of aryl methyl sites for hydroxylation is 1. The Morgan fingerprint density at radius 3 is 2.50 bits per heavy atom. The maximum absolute atomic E-state index is 11.0. The lowest BCUT2D eigenvalue weighted by molar-refractivity contribution is -0.131. The molecule has 0 saturated carbocycles. The number of carboxylic acids is 1. The normalized spacial score (nSPS) is 9.83. The van der Waals surface area contributed by atoms with Crippen molar-refractivity contribution in [3.05, 3.63) is 20.3 Å². The highest BCUT2D eigenvalue weighted by molar-refractivity contribution is 9.10. The Labute approximate surface area is 81.2 Å². The van der Waals surface area contributed by atoms with Gasteiger partial charge in [0.15, 0.2) is 0 Å². The van der Waals surface area contributed by atoms with Crippen LogP contribution in [0, 0.1) is 6.92 Å². The Balaban J connectivity index is 3.12. The van der Waals surface area contributed by atoms with E-state index in [2.05, 4.69) is 15.9 Å². The van der Waals surface area contributed by atoms with Gasteiger partial charge < -0.3 is 5.11 Å². The third-order valence-electron chi connectivity index (χ3n) is 1.30. The standard InChI is InChI=1S/C7H5BrO3S/c1-3-2-12-6(4(3)8)5(9)7(10)11/h2H,1H3,(H,10,11). The molecule has 0 aromatic carbocycles. The predicted octanol–water partition coefficient (Wildman–Crippen LogP) is 2.09. The van der Waals surface area contributed by atoms with E-state index in [1.165, 1.54) is 0 Å². The first kappa shape index (κ1) is 9.41. The SMILES string of the molecule is Cc1csc(C(=O)C(=O)O)c1Br. The molecule has 0 saturated heterocycles. The lowest BCUT2D eigenvalue weighted by Crippen LogP contribution is -2.11. The van der Waals surface area contributed by atoms with Crippen molar-refractivity contribution in [3.8, 4) is 0 Å². The molecule has 1 aromatic rings. The summed E-state index contributed by atoms with van der Waals surface area (Å²) in [5.74, 6) is -2.28. The highest BCUT2D eigenvalue weighted by Crippen LogP contribution is 2.27. The Bertz CT molecular complexity index is 342. The smallest absolute Gasteiger partial charge is 0.378 e. The van der Waals surface area contributed by atoms with Crippen LogP contribution in [0.2, 0.25) is 0 Å². The zero-order chi connectivity index (χ0) is 9.30. The molecule has 0 aliphatic carbocycles. The van der Waals surface area contributed by atoms with Crippen LogP contribution in [-0.2, 0) is 4.79 Å². The summed E-state index contributed by atoms with van der Waals surface area (Å²) in [6.07, 6.45) is 0. The van der Waals surface area contributed by atoms with Gasteiger partial charge in [0.2, 0.25) is 0 Å². The molecule has 1 rings (SSSR count). The molecule has 1 heterocycles. The number of rotatable bonds is 2. The second-order valence-electron chi connectivity index (χ2n) is 2.20. The number of ketones is 1. The number of carboxylic acid groups (broad SMARTS) is 1. The molecule has 1 N–H and O–H groups in total. The van der Waals surface area contributed by atoms with Crippen LogP contribution in [0.25, 0.3) is 0 Å². The molecular weight excluding hydrogens is 244 g/mol. The molecule has 0 atom stereocenters. The third kappa shape index (κ3) is 1.56.